The summed E-state index contributed by atoms with van der Waals surface area (Å²) in [5.74, 6) is 0. The molecule has 1 aromatic rings. The van der Waals surface area contributed by atoms with E-state index in [1.165, 1.54) is 17.8 Å². The molecule has 1 heterocycles. The van der Waals surface area contributed by atoms with Crippen molar-refractivity contribution >= 4 is 0 Å². The van der Waals surface area contributed by atoms with Gasteiger partial charge < -0.3 is 14.4 Å². The lowest BCUT2D eigenvalue weighted by Crippen LogP contribution is -2.30. The number of H-pyrrole nitrogens is 1. The van der Waals surface area contributed by atoms with Gasteiger partial charge in [0, 0.05) is 13.2 Å². The van der Waals surface area contributed by atoms with E-state index in [4.69, 9.17) is 9.84 Å². The number of aromatic nitrogens is 2. The Bertz CT molecular complexity index is 407. The summed E-state index contributed by atoms with van der Waals surface area (Å²) in [4.78, 5) is 24.3. The summed E-state index contributed by atoms with van der Waals surface area (Å²) in [5, 5.41) is 8.45. The lowest BCUT2D eigenvalue weighted by molar-refractivity contribution is 0.0806. The Labute approximate surface area is 79.8 Å². The zero-order valence-electron chi connectivity index (χ0n) is 7.82. The lowest BCUT2D eigenvalue weighted by Gasteiger charge is -2.02. The molecule has 6 heteroatoms. The maximum Gasteiger partial charge on any atom is 0.328 e. The lowest BCUT2D eigenvalue weighted by atomic mass is 10.3. The van der Waals surface area contributed by atoms with Crippen LogP contribution >= 0.6 is 0 Å². The fraction of sp³-hybridized carbons (Fsp3) is 0.500. The van der Waals surface area contributed by atoms with E-state index in [-0.39, 0.29) is 19.8 Å². The SMILES string of the molecule is Cn1cc(COCCO)c(=O)[nH]c1=O. The van der Waals surface area contributed by atoms with Crippen LogP contribution in [0.15, 0.2) is 15.8 Å². The maximum atomic E-state index is 11.2. The number of aryl methyl sites for hydroxylation is 1. The smallest absolute Gasteiger partial charge is 0.328 e. The third-order valence-corrected chi connectivity index (χ3v) is 1.68. The molecule has 14 heavy (non-hydrogen) atoms. The third-order valence-electron chi connectivity index (χ3n) is 1.68. The zero-order chi connectivity index (χ0) is 10.6. The topological polar surface area (TPSA) is 84.3 Å². The van der Waals surface area contributed by atoms with Gasteiger partial charge in [0.05, 0.1) is 25.4 Å². The van der Waals surface area contributed by atoms with Crippen molar-refractivity contribution in [2.45, 2.75) is 6.61 Å². The van der Waals surface area contributed by atoms with Crippen LogP contribution in [-0.2, 0) is 18.4 Å². The second-order valence-electron chi connectivity index (χ2n) is 2.80. The van der Waals surface area contributed by atoms with Gasteiger partial charge >= 0.3 is 5.69 Å². The van der Waals surface area contributed by atoms with Gasteiger partial charge in [0.15, 0.2) is 0 Å². The normalized spacial score (nSPS) is 10.4. The second kappa shape index (κ2) is 4.73. The van der Waals surface area contributed by atoms with Crippen molar-refractivity contribution in [1.82, 2.24) is 9.55 Å². The van der Waals surface area contributed by atoms with Crippen molar-refractivity contribution in [3.63, 3.8) is 0 Å². The molecule has 0 bridgehead atoms. The molecule has 78 valence electrons. The number of rotatable bonds is 4. The summed E-state index contributed by atoms with van der Waals surface area (Å²) < 4.78 is 6.22. The molecular formula is C8H12N2O4. The molecule has 0 fully saturated rings. The first-order valence-corrected chi connectivity index (χ1v) is 4.12. The highest BCUT2D eigenvalue weighted by atomic mass is 16.5. The van der Waals surface area contributed by atoms with Gasteiger partial charge in [0.1, 0.15) is 0 Å². The van der Waals surface area contributed by atoms with E-state index in [0.29, 0.717) is 5.56 Å². The highest BCUT2D eigenvalue weighted by molar-refractivity contribution is 5.02. The van der Waals surface area contributed by atoms with E-state index >= 15 is 0 Å². The van der Waals surface area contributed by atoms with E-state index in [1.54, 1.807) is 0 Å². The summed E-state index contributed by atoms with van der Waals surface area (Å²) >= 11 is 0. The summed E-state index contributed by atoms with van der Waals surface area (Å²) in [6.07, 6.45) is 1.42. The molecule has 2 N–H and O–H groups in total. The Balaban J connectivity index is 2.82. The third kappa shape index (κ3) is 2.54. The quantitative estimate of drug-likeness (QED) is 0.584. The van der Waals surface area contributed by atoms with E-state index in [0.717, 1.165) is 0 Å². The minimum Gasteiger partial charge on any atom is -0.394 e. The first-order chi connectivity index (χ1) is 6.65. The van der Waals surface area contributed by atoms with E-state index in [1.807, 2.05) is 0 Å². The molecule has 1 rings (SSSR count). The number of hydrogen-bond donors (Lipinski definition) is 2. The summed E-state index contributed by atoms with van der Waals surface area (Å²) in [5.41, 5.74) is -0.549. The highest BCUT2D eigenvalue weighted by Gasteiger charge is 2.01. The highest BCUT2D eigenvalue weighted by Crippen LogP contribution is 1.90. The van der Waals surface area contributed by atoms with Crippen molar-refractivity contribution in [2.75, 3.05) is 13.2 Å². The standard InChI is InChI=1S/C8H12N2O4/c1-10-4-6(5-14-3-2-11)7(12)9-8(10)13/h4,11H,2-3,5H2,1H3,(H,9,12,13). The van der Waals surface area contributed by atoms with Crippen LogP contribution in [-0.4, -0.2) is 27.9 Å². The first-order valence-electron chi connectivity index (χ1n) is 4.12. The minimum absolute atomic E-state index is 0.0873. The Morgan fingerprint density at radius 2 is 2.29 bits per heavy atom. The number of ether oxygens (including phenoxy) is 1. The molecule has 1 aromatic heterocycles. The molecule has 0 aromatic carbocycles. The number of nitrogens with one attached hydrogen (secondary N) is 1. The Morgan fingerprint density at radius 1 is 1.57 bits per heavy atom. The largest absolute Gasteiger partial charge is 0.394 e. The van der Waals surface area contributed by atoms with Crippen LogP contribution in [0.4, 0.5) is 0 Å². The van der Waals surface area contributed by atoms with Gasteiger partial charge in [-0.05, 0) is 0 Å². The Kier molecular flexibility index (Phi) is 3.61. The fourth-order valence-electron chi connectivity index (χ4n) is 0.966. The van der Waals surface area contributed by atoms with E-state index < -0.39 is 11.2 Å². The summed E-state index contributed by atoms with van der Waals surface area (Å²) in [7, 11) is 1.54. The molecule has 0 unspecified atom stereocenters. The summed E-state index contributed by atoms with van der Waals surface area (Å²) in [6.45, 7) is 0.163. The average molecular weight is 200 g/mol. The summed E-state index contributed by atoms with van der Waals surface area (Å²) in [6, 6.07) is 0. The molecule has 0 saturated carbocycles. The van der Waals surface area contributed by atoms with Crippen molar-refractivity contribution in [1.29, 1.82) is 0 Å². The maximum absolute atomic E-state index is 11.2. The second-order valence-corrected chi connectivity index (χ2v) is 2.80. The van der Waals surface area contributed by atoms with Gasteiger partial charge in [0.2, 0.25) is 0 Å². The van der Waals surface area contributed by atoms with Crippen LogP contribution in [0.3, 0.4) is 0 Å². The molecule has 0 saturated heterocycles. The molecule has 0 aliphatic heterocycles. The number of aliphatic hydroxyl groups excluding tert-OH is 1. The van der Waals surface area contributed by atoms with Crippen molar-refractivity contribution in [3.8, 4) is 0 Å². The van der Waals surface area contributed by atoms with E-state index in [2.05, 4.69) is 4.98 Å². The number of nitrogens with zero attached hydrogens (tertiary/aromatic N) is 1. The number of aromatic amines is 1. The van der Waals surface area contributed by atoms with Gasteiger partial charge in [-0.25, -0.2) is 4.79 Å². The Hall–Kier alpha value is -1.40. The molecule has 6 nitrogen and oxygen atoms in total. The minimum atomic E-state index is -0.457. The first kappa shape index (κ1) is 10.7. The zero-order valence-corrected chi connectivity index (χ0v) is 7.82. The van der Waals surface area contributed by atoms with Crippen LogP contribution in [0.25, 0.3) is 0 Å². The van der Waals surface area contributed by atoms with Crippen LogP contribution in [0.5, 0.6) is 0 Å². The molecule has 0 atom stereocenters. The molecule has 0 radical (unpaired) electrons. The van der Waals surface area contributed by atoms with Crippen molar-refractivity contribution < 1.29 is 9.84 Å². The van der Waals surface area contributed by atoms with Crippen LogP contribution < -0.4 is 11.2 Å². The molecule has 0 aliphatic rings. The van der Waals surface area contributed by atoms with Gasteiger partial charge in [-0.1, -0.05) is 0 Å². The van der Waals surface area contributed by atoms with Gasteiger partial charge in [-0.3, -0.25) is 9.78 Å². The predicted octanol–water partition coefficient (Wildman–Crippen LogP) is -1.42. The Morgan fingerprint density at radius 3 is 2.93 bits per heavy atom. The predicted molar refractivity (Wildman–Crippen MR) is 49.0 cm³/mol. The molecular weight excluding hydrogens is 188 g/mol. The number of aliphatic hydroxyl groups is 1. The van der Waals surface area contributed by atoms with Gasteiger partial charge in [-0.2, -0.15) is 0 Å². The van der Waals surface area contributed by atoms with Crippen molar-refractivity contribution in [3.05, 3.63) is 32.6 Å². The van der Waals surface area contributed by atoms with Gasteiger partial charge in [-0.15, -0.1) is 0 Å². The number of hydrogen-bond acceptors (Lipinski definition) is 4. The monoisotopic (exact) mass is 200 g/mol. The molecule has 0 amide bonds. The van der Waals surface area contributed by atoms with Crippen LogP contribution in [0.2, 0.25) is 0 Å². The average Bonchev–Trinajstić information content (AvgIpc) is 2.14. The van der Waals surface area contributed by atoms with Crippen LogP contribution in [0.1, 0.15) is 5.56 Å². The molecule has 0 aliphatic carbocycles. The van der Waals surface area contributed by atoms with Gasteiger partial charge in [0.25, 0.3) is 5.56 Å². The van der Waals surface area contributed by atoms with Crippen LogP contribution in [0, 0.1) is 0 Å². The van der Waals surface area contributed by atoms with E-state index in [9.17, 15) is 9.59 Å². The van der Waals surface area contributed by atoms with Crippen molar-refractivity contribution in [2.24, 2.45) is 7.05 Å². The molecule has 0 spiro atoms. The fourth-order valence-corrected chi connectivity index (χ4v) is 0.966.